The van der Waals surface area contributed by atoms with Crippen LogP contribution in [0.25, 0.3) is 0 Å². The van der Waals surface area contributed by atoms with E-state index >= 15 is 0 Å². The largest absolute Gasteiger partial charge is 0.508 e. The number of fused-ring (bicyclic) bond motifs is 4. The summed E-state index contributed by atoms with van der Waals surface area (Å²) >= 11 is 0. The van der Waals surface area contributed by atoms with E-state index in [1.54, 1.807) is 25.1 Å². The molecule has 0 aromatic heterocycles. The fourth-order valence-corrected chi connectivity index (χ4v) is 6.38. The van der Waals surface area contributed by atoms with Crippen molar-refractivity contribution in [3.63, 3.8) is 0 Å². The number of carbonyl (C=O) groups is 6. The minimum atomic E-state index is -1.08. The maximum atomic E-state index is 13.4. The Kier molecular flexibility index (Phi) is 5.46. The molecule has 6 amide bonds. The first-order chi connectivity index (χ1) is 17.1. The summed E-state index contributed by atoms with van der Waals surface area (Å²) in [5, 5.41) is 10.1. The van der Waals surface area contributed by atoms with Gasteiger partial charge in [0.2, 0.25) is 23.6 Å². The van der Waals surface area contributed by atoms with Crippen LogP contribution < -0.4 is 0 Å². The summed E-state index contributed by atoms with van der Waals surface area (Å²) in [6.07, 6.45) is -0.123. The third kappa shape index (κ3) is 3.11. The first kappa shape index (κ1) is 23.7. The van der Waals surface area contributed by atoms with Crippen LogP contribution in [0.2, 0.25) is 0 Å². The molecule has 6 atom stereocenters. The van der Waals surface area contributed by atoms with Crippen LogP contribution >= 0.6 is 0 Å². The second-order valence-electron chi connectivity index (χ2n) is 9.53. The molecular formula is C25H24N2O9. The number of aryl methyl sites for hydroxylation is 1. The molecule has 1 N–H and O–H groups in total. The number of allylic oxidation sites excluding steroid dienone is 2. The van der Waals surface area contributed by atoms with Gasteiger partial charge in [0.15, 0.2) is 0 Å². The quantitative estimate of drug-likeness (QED) is 0.454. The fraction of sp³-hybridized carbons (Fsp3) is 0.440. The Balaban J connectivity index is 1.64. The van der Waals surface area contributed by atoms with Gasteiger partial charge in [-0.1, -0.05) is 23.8 Å². The SMILES string of the molecule is COC(=O)N1C(=O)C2CC=C3C(CC4C(=O)N(C(=O)OC)C(=O)C4C3c3ccc(O)c(C)c3)C2C1=O. The smallest absolute Gasteiger partial charge is 0.423 e. The van der Waals surface area contributed by atoms with Crippen molar-refractivity contribution in [2.24, 2.45) is 29.6 Å². The van der Waals surface area contributed by atoms with Gasteiger partial charge in [0.25, 0.3) is 0 Å². The number of benzene rings is 1. The van der Waals surface area contributed by atoms with Crippen LogP contribution in [0.5, 0.6) is 5.75 Å². The Morgan fingerprint density at radius 1 is 0.861 bits per heavy atom. The average Bonchev–Trinajstić information content (AvgIpc) is 3.27. The second-order valence-corrected chi connectivity index (χ2v) is 9.53. The molecule has 36 heavy (non-hydrogen) atoms. The van der Waals surface area contributed by atoms with Crippen LogP contribution in [0, 0.1) is 36.5 Å². The van der Waals surface area contributed by atoms with Gasteiger partial charge in [0.05, 0.1) is 37.9 Å². The number of rotatable bonds is 1. The first-order valence-electron chi connectivity index (χ1n) is 11.5. The lowest BCUT2D eigenvalue weighted by Crippen LogP contribution is -2.43. The van der Waals surface area contributed by atoms with Crippen LogP contribution in [0.3, 0.4) is 0 Å². The molecule has 6 unspecified atom stereocenters. The normalized spacial score (nSPS) is 31.0. The summed E-state index contributed by atoms with van der Waals surface area (Å²) < 4.78 is 9.30. The summed E-state index contributed by atoms with van der Waals surface area (Å²) in [7, 11) is 2.15. The highest BCUT2D eigenvalue weighted by Gasteiger charge is 2.63. The van der Waals surface area contributed by atoms with Crippen molar-refractivity contribution in [2.45, 2.75) is 25.7 Å². The van der Waals surface area contributed by atoms with E-state index in [2.05, 4.69) is 9.47 Å². The van der Waals surface area contributed by atoms with E-state index in [4.69, 9.17) is 0 Å². The van der Waals surface area contributed by atoms with Crippen molar-refractivity contribution < 1.29 is 43.3 Å². The molecule has 11 heteroatoms. The second kappa shape index (κ2) is 8.28. The molecule has 4 aliphatic rings. The molecule has 0 bridgehead atoms. The van der Waals surface area contributed by atoms with Gasteiger partial charge in [-0.05, 0) is 42.9 Å². The zero-order valence-electron chi connectivity index (χ0n) is 19.8. The predicted octanol–water partition coefficient (Wildman–Crippen LogP) is 1.87. The van der Waals surface area contributed by atoms with E-state index in [9.17, 15) is 33.9 Å². The molecule has 1 aromatic carbocycles. The van der Waals surface area contributed by atoms with Crippen molar-refractivity contribution in [3.8, 4) is 5.75 Å². The molecular weight excluding hydrogens is 472 g/mol. The highest BCUT2D eigenvalue weighted by molar-refractivity contribution is 6.17. The van der Waals surface area contributed by atoms with Gasteiger partial charge in [-0.15, -0.1) is 0 Å². The standard InChI is InChI=1S/C25H24N2O9/c1-10-8-11(4-7-16(10)28)17-12-5-6-13-18(22(31)26(20(13)29)24(33)35-2)14(12)9-15-19(17)23(32)27(21(15)30)25(34)36-3/h4-5,7-8,13-15,17-19,28H,6,9H2,1-3H3. The minimum absolute atomic E-state index is 0.0515. The van der Waals surface area contributed by atoms with Crippen LogP contribution in [0.15, 0.2) is 29.8 Å². The van der Waals surface area contributed by atoms with Crippen molar-refractivity contribution in [1.29, 1.82) is 0 Å². The number of hydrogen-bond acceptors (Lipinski definition) is 9. The number of nitrogens with zero attached hydrogens (tertiary/aromatic N) is 2. The third-order valence-corrected chi connectivity index (χ3v) is 7.94. The van der Waals surface area contributed by atoms with Gasteiger partial charge in [0.1, 0.15) is 5.75 Å². The molecule has 1 saturated carbocycles. The number of aromatic hydroxyl groups is 1. The molecule has 188 valence electrons. The number of amides is 6. The van der Waals surface area contributed by atoms with E-state index in [1.165, 1.54) is 6.07 Å². The van der Waals surface area contributed by atoms with E-state index in [-0.39, 0.29) is 18.6 Å². The fourth-order valence-electron chi connectivity index (χ4n) is 6.38. The summed E-state index contributed by atoms with van der Waals surface area (Å²) in [5.74, 6) is -7.60. The van der Waals surface area contributed by atoms with Crippen molar-refractivity contribution in [2.75, 3.05) is 14.2 Å². The molecule has 2 saturated heterocycles. The number of ether oxygens (including phenoxy) is 2. The van der Waals surface area contributed by atoms with E-state index in [1.807, 2.05) is 0 Å². The van der Waals surface area contributed by atoms with Crippen molar-refractivity contribution in [1.82, 2.24) is 9.80 Å². The molecule has 5 rings (SSSR count). The van der Waals surface area contributed by atoms with Gasteiger partial charge < -0.3 is 14.6 Å². The maximum absolute atomic E-state index is 13.4. The zero-order chi connectivity index (χ0) is 26.0. The van der Waals surface area contributed by atoms with Gasteiger partial charge in [0, 0.05) is 5.92 Å². The molecule has 3 fully saturated rings. The highest BCUT2D eigenvalue weighted by atomic mass is 16.5. The van der Waals surface area contributed by atoms with Crippen molar-refractivity contribution in [3.05, 3.63) is 41.0 Å². The van der Waals surface area contributed by atoms with E-state index in [0.29, 0.717) is 26.5 Å². The summed E-state index contributed by atoms with van der Waals surface area (Å²) in [6.45, 7) is 1.69. The van der Waals surface area contributed by atoms with Crippen LogP contribution in [0.4, 0.5) is 9.59 Å². The zero-order valence-corrected chi connectivity index (χ0v) is 19.8. The monoisotopic (exact) mass is 496 g/mol. The number of phenols is 1. The summed E-state index contributed by atoms with van der Waals surface area (Å²) in [6, 6.07) is 4.83. The number of carbonyl (C=O) groups excluding carboxylic acids is 6. The lowest BCUT2D eigenvalue weighted by atomic mass is 9.57. The van der Waals surface area contributed by atoms with Crippen LogP contribution in [0.1, 0.15) is 29.9 Å². The molecule has 0 radical (unpaired) electrons. The number of phenolic OH excluding ortho intramolecular Hbond substituents is 1. The van der Waals surface area contributed by atoms with Gasteiger partial charge in [-0.25, -0.2) is 9.59 Å². The molecule has 11 nitrogen and oxygen atoms in total. The van der Waals surface area contributed by atoms with Gasteiger partial charge in [-0.2, -0.15) is 9.80 Å². The lowest BCUT2D eigenvalue weighted by Gasteiger charge is -2.44. The van der Waals surface area contributed by atoms with E-state index in [0.717, 1.165) is 14.2 Å². The molecule has 2 aliphatic carbocycles. The van der Waals surface area contributed by atoms with Gasteiger partial charge >= 0.3 is 12.2 Å². The third-order valence-electron chi connectivity index (χ3n) is 7.94. The molecule has 0 spiro atoms. The predicted molar refractivity (Wildman–Crippen MR) is 119 cm³/mol. The topological polar surface area (TPSA) is 148 Å². The molecule has 1 aromatic rings. The number of methoxy groups -OCH3 is 2. The van der Waals surface area contributed by atoms with Gasteiger partial charge in [-0.3, -0.25) is 19.2 Å². The van der Waals surface area contributed by atoms with Crippen LogP contribution in [-0.2, 0) is 28.7 Å². The Morgan fingerprint density at radius 2 is 1.44 bits per heavy atom. The van der Waals surface area contributed by atoms with Crippen molar-refractivity contribution >= 4 is 35.8 Å². The maximum Gasteiger partial charge on any atom is 0.423 e. The Bertz CT molecular complexity index is 1270. The van der Waals surface area contributed by atoms with Crippen LogP contribution in [-0.4, -0.2) is 64.9 Å². The molecule has 2 heterocycles. The number of hydrogen-bond donors (Lipinski definition) is 1. The summed E-state index contributed by atoms with van der Waals surface area (Å²) in [5.41, 5.74) is 1.87. The molecule has 2 aliphatic heterocycles. The first-order valence-corrected chi connectivity index (χ1v) is 11.5. The lowest BCUT2D eigenvalue weighted by molar-refractivity contribution is -0.139. The van der Waals surface area contributed by atoms with E-state index < -0.39 is 71.3 Å². The highest BCUT2D eigenvalue weighted by Crippen LogP contribution is 2.58. The summed E-state index contributed by atoms with van der Waals surface area (Å²) in [4.78, 5) is 78.5. The average molecular weight is 496 g/mol. The Hall–Kier alpha value is -4.02. The Labute approximate surface area is 205 Å². The minimum Gasteiger partial charge on any atom is -0.508 e. The number of imide groups is 6. The number of likely N-dealkylation sites (tertiary alicyclic amines) is 2. The Morgan fingerprint density at radius 3 is 2.03 bits per heavy atom.